The Labute approximate surface area is 164 Å². The molecule has 2 aromatic rings. The summed E-state index contributed by atoms with van der Waals surface area (Å²) in [6, 6.07) is 10.3. The van der Waals surface area contributed by atoms with Gasteiger partial charge in [0, 0.05) is 29.8 Å². The molecule has 29 heavy (non-hydrogen) atoms. The first-order chi connectivity index (χ1) is 13.9. The third-order valence-electron chi connectivity index (χ3n) is 6.03. The van der Waals surface area contributed by atoms with Crippen molar-refractivity contribution in [2.75, 3.05) is 13.1 Å². The van der Waals surface area contributed by atoms with E-state index in [1.807, 2.05) is 0 Å². The summed E-state index contributed by atoms with van der Waals surface area (Å²) in [5, 5.41) is 47.3. The number of benzene rings is 2. The zero-order chi connectivity index (χ0) is 20.5. The van der Waals surface area contributed by atoms with E-state index in [4.69, 9.17) is 0 Å². The first-order valence-corrected chi connectivity index (χ1v) is 9.13. The average molecular weight is 395 g/mol. The van der Waals surface area contributed by atoms with Crippen molar-refractivity contribution < 1.29 is 25.0 Å². The van der Waals surface area contributed by atoms with E-state index in [9.17, 15) is 30.2 Å². The summed E-state index contributed by atoms with van der Waals surface area (Å²) >= 11 is 0. The molecule has 0 aromatic heterocycles. The molecule has 1 saturated heterocycles. The molecule has 3 aliphatic rings. The molecule has 0 spiro atoms. The Morgan fingerprint density at radius 1 is 1.21 bits per heavy atom. The molecule has 0 unspecified atom stereocenters. The topological polar surface area (TPSA) is 136 Å². The van der Waals surface area contributed by atoms with E-state index in [1.165, 1.54) is 23.1 Å². The third kappa shape index (κ3) is 2.10. The van der Waals surface area contributed by atoms with E-state index in [0.29, 0.717) is 17.7 Å². The second-order valence-electron chi connectivity index (χ2n) is 7.40. The summed E-state index contributed by atoms with van der Waals surface area (Å²) in [6.45, 7) is 0.636. The lowest BCUT2D eigenvalue weighted by molar-refractivity contribution is -0.438. The maximum absolute atomic E-state index is 13.4. The minimum Gasteiger partial charge on any atom is -0.508 e. The van der Waals surface area contributed by atoms with E-state index < -0.39 is 28.3 Å². The highest BCUT2D eigenvalue weighted by Crippen LogP contribution is 2.58. The lowest BCUT2D eigenvalue weighted by Gasteiger charge is -2.45. The highest BCUT2D eigenvalue weighted by atomic mass is 16.6. The van der Waals surface area contributed by atoms with Crippen LogP contribution in [0, 0.1) is 16.0 Å². The van der Waals surface area contributed by atoms with Gasteiger partial charge < -0.3 is 25.5 Å². The van der Waals surface area contributed by atoms with Crippen LogP contribution in [0.15, 0.2) is 54.0 Å². The Bertz CT molecular complexity index is 1110. The number of hydrogen-bond acceptors (Lipinski definition) is 8. The fourth-order valence-electron chi connectivity index (χ4n) is 4.92. The number of phenols is 2. The van der Waals surface area contributed by atoms with Crippen LogP contribution in [0.2, 0.25) is 0 Å². The molecule has 9 nitrogen and oxygen atoms in total. The second-order valence-corrected chi connectivity index (χ2v) is 7.40. The summed E-state index contributed by atoms with van der Waals surface area (Å²) in [5.41, 5.74) is -1.45. The summed E-state index contributed by atoms with van der Waals surface area (Å²) in [4.78, 5) is 26.3. The van der Waals surface area contributed by atoms with Crippen molar-refractivity contribution in [3.63, 3.8) is 0 Å². The molecule has 5 rings (SSSR count). The first-order valence-electron chi connectivity index (χ1n) is 9.13. The Morgan fingerprint density at radius 3 is 2.72 bits per heavy atom. The minimum absolute atomic E-state index is 0.0159. The molecule has 1 fully saturated rings. The van der Waals surface area contributed by atoms with Crippen molar-refractivity contribution >= 4 is 5.78 Å². The van der Waals surface area contributed by atoms with E-state index in [-0.39, 0.29) is 35.1 Å². The van der Waals surface area contributed by atoms with Crippen LogP contribution in [0.4, 0.5) is 0 Å². The van der Waals surface area contributed by atoms with Crippen LogP contribution < -0.4 is 5.32 Å². The first kappa shape index (κ1) is 17.5. The van der Waals surface area contributed by atoms with Crippen LogP contribution in [0.1, 0.15) is 27.4 Å². The van der Waals surface area contributed by atoms with Gasteiger partial charge in [0.2, 0.25) is 0 Å². The summed E-state index contributed by atoms with van der Waals surface area (Å²) < 4.78 is 0. The number of Topliss-reactive ketones (excluding diaryl/α,β-unsaturated/α-hetero) is 1. The van der Waals surface area contributed by atoms with Crippen molar-refractivity contribution in [1.29, 1.82) is 0 Å². The smallest absolute Gasteiger partial charge is 0.294 e. The summed E-state index contributed by atoms with van der Waals surface area (Å²) in [6.07, 6.45) is 0. The largest absolute Gasteiger partial charge is 0.508 e. The number of carbonyl (C=O) groups is 1. The van der Waals surface area contributed by atoms with Crippen LogP contribution in [0.25, 0.3) is 0 Å². The maximum atomic E-state index is 13.4. The Morgan fingerprint density at radius 2 is 1.97 bits per heavy atom. The van der Waals surface area contributed by atoms with Crippen molar-refractivity contribution in [1.82, 2.24) is 10.2 Å². The van der Waals surface area contributed by atoms with Gasteiger partial charge in [0.15, 0.2) is 17.3 Å². The highest BCUT2D eigenvalue weighted by molar-refractivity contribution is 6.04. The van der Waals surface area contributed by atoms with Gasteiger partial charge in [-0.05, 0) is 18.2 Å². The number of nitro groups is 1. The number of aliphatic hydroxyl groups is 1. The van der Waals surface area contributed by atoms with Crippen LogP contribution >= 0.6 is 0 Å². The van der Waals surface area contributed by atoms with E-state index in [1.54, 1.807) is 24.3 Å². The zero-order valence-corrected chi connectivity index (χ0v) is 15.1. The van der Waals surface area contributed by atoms with Gasteiger partial charge in [0.25, 0.3) is 5.70 Å². The summed E-state index contributed by atoms with van der Waals surface area (Å²) in [5.74, 6) is -3.35. The van der Waals surface area contributed by atoms with Gasteiger partial charge in [0.1, 0.15) is 11.5 Å². The number of nitrogens with one attached hydrogen (secondary N) is 1. The Balaban J connectivity index is 1.86. The lowest BCUT2D eigenvalue weighted by atomic mass is 9.73. The number of carbonyl (C=O) groups excluding carboxylic acids is 1. The fraction of sp³-hybridized carbons (Fsp3) is 0.250. The molecule has 9 heteroatoms. The quantitative estimate of drug-likeness (QED) is 0.338. The van der Waals surface area contributed by atoms with Crippen molar-refractivity contribution in [3.8, 4) is 11.5 Å². The molecule has 3 atom stereocenters. The number of aromatic hydroxyl groups is 2. The number of allylic oxidation sites excluding steroid dienone is 1. The van der Waals surface area contributed by atoms with Gasteiger partial charge in [-0.15, -0.1) is 0 Å². The minimum atomic E-state index is -1.81. The normalized spacial score (nSPS) is 27.3. The van der Waals surface area contributed by atoms with Gasteiger partial charge in [0.05, 0.1) is 16.8 Å². The summed E-state index contributed by atoms with van der Waals surface area (Å²) in [7, 11) is 0. The van der Waals surface area contributed by atoms with Gasteiger partial charge in [-0.3, -0.25) is 14.9 Å². The number of fused-ring (bicyclic) bond motifs is 5. The van der Waals surface area contributed by atoms with Crippen molar-refractivity contribution in [2.24, 2.45) is 5.92 Å². The van der Waals surface area contributed by atoms with E-state index in [2.05, 4.69) is 5.32 Å². The molecule has 4 N–H and O–H groups in total. The lowest BCUT2D eigenvalue weighted by Crippen LogP contribution is -2.55. The Kier molecular flexibility index (Phi) is 3.45. The molecule has 2 aromatic carbocycles. The zero-order valence-electron chi connectivity index (χ0n) is 15.1. The van der Waals surface area contributed by atoms with Crippen LogP contribution in [0.3, 0.4) is 0 Å². The Hall–Kier alpha value is -3.59. The van der Waals surface area contributed by atoms with Gasteiger partial charge in [-0.1, -0.05) is 24.3 Å². The average Bonchev–Trinajstić information content (AvgIpc) is 3.26. The SMILES string of the molecule is O=C1c2ccccc2[C@]2(O)[C@H]1[C@@H](c1cc(O)ccc1O)C([N+](=O)[O-])=C1NCCN12. The van der Waals surface area contributed by atoms with Crippen LogP contribution in [0.5, 0.6) is 11.5 Å². The molecule has 0 bridgehead atoms. The van der Waals surface area contributed by atoms with Gasteiger partial charge >= 0.3 is 0 Å². The van der Waals surface area contributed by atoms with Crippen LogP contribution in [-0.2, 0) is 5.72 Å². The number of ketones is 1. The molecular weight excluding hydrogens is 378 g/mol. The predicted octanol–water partition coefficient (Wildman–Crippen LogP) is 1.20. The molecule has 0 radical (unpaired) electrons. The molecular formula is C20H17N3O6. The monoisotopic (exact) mass is 395 g/mol. The molecule has 1 aliphatic carbocycles. The van der Waals surface area contributed by atoms with E-state index in [0.717, 1.165) is 0 Å². The molecule has 2 heterocycles. The number of rotatable bonds is 2. The standard InChI is InChI=1S/C20H17N3O6/c24-10-5-6-14(25)12(9-10)15-16-18(26)11-3-1-2-4-13(11)20(16,27)22-8-7-21-19(22)17(15)23(28)29/h1-6,9,15-16,21,24-25,27H,7-8H2/t15-,16+,20+/m1/s1. The third-order valence-corrected chi connectivity index (χ3v) is 6.03. The van der Waals surface area contributed by atoms with Crippen LogP contribution in [-0.4, -0.2) is 44.0 Å². The predicted molar refractivity (Wildman–Crippen MR) is 99.4 cm³/mol. The fourth-order valence-corrected chi connectivity index (χ4v) is 4.92. The highest BCUT2D eigenvalue weighted by Gasteiger charge is 2.66. The van der Waals surface area contributed by atoms with Gasteiger partial charge in [-0.2, -0.15) is 0 Å². The second kappa shape index (κ2) is 5.71. The van der Waals surface area contributed by atoms with E-state index >= 15 is 0 Å². The maximum Gasteiger partial charge on any atom is 0.294 e. The molecule has 2 aliphatic heterocycles. The van der Waals surface area contributed by atoms with Crippen molar-refractivity contribution in [2.45, 2.75) is 11.6 Å². The van der Waals surface area contributed by atoms with Gasteiger partial charge in [-0.25, -0.2) is 0 Å². The molecule has 0 amide bonds. The number of hydrogen-bond donors (Lipinski definition) is 4. The number of phenolic OH excluding ortho intramolecular Hbond substituents is 2. The number of nitrogens with zero attached hydrogens (tertiary/aromatic N) is 2. The molecule has 148 valence electrons. The molecule has 0 saturated carbocycles. The van der Waals surface area contributed by atoms with Crippen molar-refractivity contribution in [3.05, 3.63) is 80.8 Å².